The number of hydrogen-bond donors (Lipinski definition) is 0. The zero-order chi connectivity index (χ0) is 36.3. The average Bonchev–Trinajstić information content (AvgIpc) is 3.53. The Morgan fingerprint density at radius 1 is 0.389 bits per heavy atom. The van der Waals surface area contributed by atoms with E-state index in [2.05, 4.69) is 213 Å². The summed E-state index contributed by atoms with van der Waals surface area (Å²) < 4.78 is 6.38. The molecule has 1 aliphatic heterocycles. The summed E-state index contributed by atoms with van der Waals surface area (Å²) in [7, 11) is 0. The topological polar surface area (TPSA) is 12.5 Å². The summed E-state index contributed by atoms with van der Waals surface area (Å²) >= 11 is 0. The molecular weight excluding hydrogens is 655 g/mol. The molecule has 2 nitrogen and oxygen atoms in total. The summed E-state index contributed by atoms with van der Waals surface area (Å²) in [6.45, 7) is 4.58. The van der Waals surface area contributed by atoms with Crippen LogP contribution in [0.25, 0.3) is 22.3 Å². The van der Waals surface area contributed by atoms with E-state index in [1.807, 2.05) is 6.07 Å². The Morgan fingerprint density at radius 3 is 1.57 bits per heavy atom. The van der Waals surface area contributed by atoms with Crippen molar-refractivity contribution in [3.8, 4) is 33.8 Å². The standard InChI is InChI=1S/C52H39NO/c1-51(2)46-26-14-16-28-49(46)54-50-34-31-37(35-47(50)51)36-29-32-40(33-30-36)53(39-19-7-4-8-20-39)48-27-15-13-25-45(48)52(38-17-5-3-6-18-38)43-23-11-9-21-41(43)42-22-10-12-24-44(42)52/h3-35H,1-2H3. The maximum absolute atomic E-state index is 6.38. The lowest BCUT2D eigenvalue weighted by Crippen LogP contribution is -2.30. The summed E-state index contributed by atoms with van der Waals surface area (Å²) in [6, 6.07) is 72.7. The molecule has 258 valence electrons. The van der Waals surface area contributed by atoms with E-state index in [0.717, 1.165) is 34.1 Å². The number of ether oxygens (including phenoxy) is 1. The molecule has 0 radical (unpaired) electrons. The normalized spacial score (nSPS) is 14.2. The van der Waals surface area contributed by atoms with Gasteiger partial charge in [0.25, 0.3) is 0 Å². The molecule has 0 saturated heterocycles. The second-order valence-corrected chi connectivity index (χ2v) is 14.9. The Labute approximate surface area is 317 Å². The van der Waals surface area contributed by atoms with E-state index in [9.17, 15) is 0 Å². The zero-order valence-electron chi connectivity index (χ0n) is 30.4. The lowest BCUT2D eigenvalue weighted by Gasteiger charge is -2.38. The van der Waals surface area contributed by atoms with Gasteiger partial charge in [0.15, 0.2) is 0 Å². The second-order valence-electron chi connectivity index (χ2n) is 14.9. The average molecular weight is 694 g/mol. The van der Waals surface area contributed by atoms with Crippen molar-refractivity contribution in [2.45, 2.75) is 24.7 Å². The Morgan fingerprint density at radius 2 is 0.889 bits per heavy atom. The third-order valence-corrected chi connectivity index (χ3v) is 11.6. The molecule has 0 unspecified atom stereocenters. The Kier molecular flexibility index (Phi) is 7.42. The maximum atomic E-state index is 6.38. The fourth-order valence-electron chi connectivity index (χ4n) is 9.10. The van der Waals surface area contributed by atoms with Gasteiger partial charge >= 0.3 is 0 Å². The van der Waals surface area contributed by atoms with Crippen LogP contribution in [-0.4, -0.2) is 0 Å². The number of benzene rings is 8. The number of anilines is 3. The monoisotopic (exact) mass is 693 g/mol. The van der Waals surface area contributed by atoms with Gasteiger partial charge in [0, 0.05) is 27.9 Å². The summed E-state index contributed by atoms with van der Waals surface area (Å²) in [4.78, 5) is 2.42. The van der Waals surface area contributed by atoms with Crippen molar-refractivity contribution in [1.29, 1.82) is 0 Å². The molecule has 1 aliphatic carbocycles. The van der Waals surface area contributed by atoms with Gasteiger partial charge in [-0.05, 0) is 93.0 Å². The highest BCUT2D eigenvalue weighted by Gasteiger charge is 2.47. The molecular formula is C52H39NO. The van der Waals surface area contributed by atoms with Gasteiger partial charge in [-0.3, -0.25) is 0 Å². The molecule has 54 heavy (non-hydrogen) atoms. The summed E-state index contributed by atoms with van der Waals surface area (Å²) in [5.41, 5.74) is 15.0. The molecule has 0 saturated carbocycles. The van der Waals surface area contributed by atoms with Crippen molar-refractivity contribution in [1.82, 2.24) is 0 Å². The Hall–Kier alpha value is -6.64. The largest absolute Gasteiger partial charge is 0.457 e. The molecule has 10 rings (SSSR count). The highest BCUT2D eigenvalue weighted by atomic mass is 16.5. The quantitative estimate of drug-likeness (QED) is 0.172. The van der Waals surface area contributed by atoms with Gasteiger partial charge in [-0.1, -0.05) is 166 Å². The first-order valence-corrected chi connectivity index (χ1v) is 18.8. The van der Waals surface area contributed by atoms with Gasteiger partial charge in [0.05, 0.1) is 11.1 Å². The van der Waals surface area contributed by atoms with E-state index in [0.29, 0.717) is 0 Å². The molecule has 0 N–H and O–H groups in total. The molecule has 0 amide bonds. The lowest BCUT2D eigenvalue weighted by molar-refractivity contribution is 0.418. The van der Waals surface area contributed by atoms with Crippen LogP contribution in [0.1, 0.15) is 47.2 Å². The predicted molar refractivity (Wildman–Crippen MR) is 223 cm³/mol. The molecule has 0 atom stereocenters. The SMILES string of the molecule is CC1(C)c2ccccc2Oc2ccc(-c3ccc(N(c4ccccc4)c4ccccc4C4(c5ccccc5)c5ccccc5-c5ccccc54)cc3)cc21. The first kappa shape index (κ1) is 32.0. The predicted octanol–water partition coefficient (Wildman–Crippen LogP) is 13.6. The molecule has 2 aliphatic rings. The van der Waals surface area contributed by atoms with Crippen LogP contribution in [0.4, 0.5) is 17.1 Å². The minimum atomic E-state index is -0.533. The summed E-state index contributed by atoms with van der Waals surface area (Å²) in [6.07, 6.45) is 0. The summed E-state index contributed by atoms with van der Waals surface area (Å²) in [5.74, 6) is 1.86. The molecule has 0 fully saturated rings. The van der Waals surface area contributed by atoms with Gasteiger partial charge in [-0.15, -0.1) is 0 Å². The molecule has 0 bridgehead atoms. The summed E-state index contributed by atoms with van der Waals surface area (Å²) in [5, 5.41) is 0. The maximum Gasteiger partial charge on any atom is 0.131 e. The second kappa shape index (κ2) is 12.5. The van der Waals surface area contributed by atoms with Crippen molar-refractivity contribution in [3.63, 3.8) is 0 Å². The Bertz CT molecular complexity index is 2610. The number of hydrogen-bond acceptors (Lipinski definition) is 2. The highest BCUT2D eigenvalue weighted by Crippen LogP contribution is 2.58. The van der Waals surface area contributed by atoms with Crippen molar-refractivity contribution in [2.75, 3.05) is 4.90 Å². The number of para-hydroxylation sites is 3. The van der Waals surface area contributed by atoms with Gasteiger partial charge in [-0.25, -0.2) is 0 Å². The minimum Gasteiger partial charge on any atom is -0.457 e. The molecule has 0 aromatic heterocycles. The number of rotatable bonds is 6. The number of nitrogens with zero attached hydrogens (tertiary/aromatic N) is 1. The molecule has 8 aromatic rings. The lowest BCUT2D eigenvalue weighted by atomic mass is 9.67. The first-order valence-electron chi connectivity index (χ1n) is 18.8. The first-order chi connectivity index (χ1) is 26.5. The van der Waals surface area contributed by atoms with Crippen LogP contribution in [0.15, 0.2) is 200 Å². The van der Waals surface area contributed by atoms with Crippen LogP contribution in [0.5, 0.6) is 11.5 Å². The van der Waals surface area contributed by atoms with E-state index in [-0.39, 0.29) is 5.41 Å². The van der Waals surface area contributed by atoms with E-state index < -0.39 is 5.41 Å². The fraction of sp³-hybridized carbons (Fsp3) is 0.0769. The van der Waals surface area contributed by atoms with Gasteiger partial charge in [-0.2, -0.15) is 0 Å². The van der Waals surface area contributed by atoms with Crippen molar-refractivity contribution in [2.24, 2.45) is 0 Å². The van der Waals surface area contributed by atoms with Crippen molar-refractivity contribution in [3.05, 3.63) is 234 Å². The van der Waals surface area contributed by atoms with Gasteiger partial charge < -0.3 is 9.64 Å². The third kappa shape index (κ3) is 4.80. The van der Waals surface area contributed by atoms with E-state index in [1.165, 1.54) is 50.1 Å². The molecule has 2 heteroatoms. The molecule has 0 spiro atoms. The van der Waals surface area contributed by atoms with Crippen molar-refractivity contribution >= 4 is 17.1 Å². The molecule has 1 heterocycles. The van der Waals surface area contributed by atoms with E-state index in [4.69, 9.17) is 4.74 Å². The van der Waals surface area contributed by atoms with Crippen LogP contribution in [0, 0.1) is 0 Å². The van der Waals surface area contributed by atoms with E-state index >= 15 is 0 Å². The zero-order valence-corrected chi connectivity index (χ0v) is 30.4. The van der Waals surface area contributed by atoms with Crippen molar-refractivity contribution < 1.29 is 4.74 Å². The Balaban J connectivity index is 1.14. The van der Waals surface area contributed by atoms with Crippen LogP contribution in [0.2, 0.25) is 0 Å². The highest BCUT2D eigenvalue weighted by molar-refractivity contribution is 5.90. The fourth-order valence-corrected chi connectivity index (χ4v) is 9.10. The minimum absolute atomic E-state index is 0.180. The molecule has 8 aromatic carbocycles. The van der Waals surface area contributed by atoms with Crippen LogP contribution < -0.4 is 9.64 Å². The smallest absolute Gasteiger partial charge is 0.131 e. The number of fused-ring (bicyclic) bond motifs is 5. The van der Waals surface area contributed by atoms with Crippen LogP contribution >= 0.6 is 0 Å². The van der Waals surface area contributed by atoms with Gasteiger partial charge in [0.2, 0.25) is 0 Å². The van der Waals surface area contributed by atoms with Crippen LogP contribution in [0.3, 0.4) is 0 Å². The van der Waals surface area contributed by atoms with Crippen LogP contribution in [-0.2, 0) is 10.8 Å². The van der Waals surface area contributed by atoms with Gasteiger partial charge in [0.1, 0.15) is 11.5 Å². The third-order valence-electron chi connectivity index (χ3n) is 11.6. The van der Waals surface area contributed by atoms with E-state index in [1.54, 1.807) is 0 Å².